The summed E-state index contributed by atoms with van der Waals surface area (Å²) in [4.78, 5) is 4.56. The maximum Gasteiger partial charge on any atom is 0.217 e. The van der Waals surface area contributed by atoms with E-state index in [1.807, 2.05) is 49.4 Å². The van der Waals surface area contributed by atoms with Gasteiger partial charge in [0.15, 0.2) is 0 Å². The van der Waals surface area contributed by atoms with Gasteiger partial charge in [-0.25, -0.2) is 4.99 Å². The van der Waals surface area contributed by atoms with Gasteiger partial charge in [0.05, 0.1) is 6.04 Å². The molecular formula is C16H15NO2. The highest BCUT2D eigenvalue weighted by Gasteiger charge is 2.29. The quantitative estimate of drug-likeness (QED) is 0.892. The lowest BCUT2D eigenvalue weighted by Crippen LogP contribution is -2.10. The molecule has 0 fully saturated rings. The molecular weight excluding hydrogens is 238 g/mol. The van der Waals surface area contributed by atoms with Crippen LogP contribution in [0.1, 0.15) is 24.2 Å². The molecule has 0 spiro atoms. The lowest BCUT2D eigenvalue weighted by molar-refractivity contribution is 0.202. The zero-order valence-electron chi connectivity index (χ0n) is 10.7. The summed E-state index contributed by atoms with van der Waals surface area (Å²) in [5, 5.41) is 9.55. The van der Waals surface area contributed by atoms with Gasteiger partial charge in [-0.1, -0.05) is 30.3 Å². The van der Waals surface area contributed by atoms with Crippen molar-refractivity contribution >= 4 is 5.90 Å². The van der Waals surface area contributed by atoms with Crippen LogP contribution in [-0.4, -0.2) is 17.0 Å². The van der Waals surface area contributed by atoms with Gasteiger partial charge < -0.3 is 9.84 Å². The van der Waals surface area contributed by atoms with Crippen molar-refractivity contribution in [2.75, 3.05) is 0 Å². The molecule has 0 bridgehead atoms. The van der Waals surface area contributed by atoms with Crippen LogP contribution in [-0.2, 0) is 4.74 Å². The number of phenols is 1. The first-order valence-electron chi connectivity index (χ1n) is 6.33. The van der Waals surface area contributed by atoms with Gasteiger partial charge in [0, 0.05) is 5.56 Å². The molecule has 2 aromatic carbocycles. The molecule has 1 heterocycles. The smallest absolute Gasteiger partial charge is 0.217 e. The SMILES string of the molecule is C[C@H]1N=C(c2ccccc2)O[C@@H]1c1cccc(O)c1. The number of phenolic OH excluding ortho intramolecular Hbond substituents is 1. The van der Waals surface area contributed by atoms with Gasteiger partial charge >= 0.3 is 0 Å². The fourth-order valence-electron chi connectivity index (χ4n) is 2.27. The molecule has 96 valence electrons. The molecule has 3 nitrogen and oxygen atoms in total. The molecule has 0 radical (unpaired) electrons. The zero-order valence-corrected chi connectivity index (χ0v) is 10.7. The van der Waals surface area contributed by atoms with Gasteiger partial charge in [-0.3, -0.25) is 0 Å². The number of aromatic hydroxyl groups is 1. The van der Waals surface area contributed by atoms with Crippen LogP contribution in [0.5, 0.6) is 5.75 Å². The van der Waals surface area contributed by atoms with Crippen molar-refractivity contribution in [3.63, 3.8) is 0 Å². The van der Waals surface area contributed by atoms with Gasteiger partial charge in [0.25, 0.3) is 0 Å². The molecule has 1 N–H and O–H groups in total. The predicted octanol–water partition coefficient (Wildman–Crippen LogP) is 3.30. The standard InChI is InChI=1S/C16H15NO2/c1-11-15(13-8-5-9-14(18)10-13)19-16(17-11)12-6-3-2-4-7-12/h2-11,15,18H,1H3/t11-,15+/m1/s1. The van der Waals surface area contributed by atoms with Crippen LogP contribution in [0.15, 0.2) is 59.6 Å². The Kier molecular flexibility index (Phi) is 2.95. The van der Waals surface area contributed by atoms with E-state index in [0.29, 0.717) is 5.90 Å². The van der Waals surface area contributed by atoms with Gasteiger partial charge in [0.2, 0.25) is 5.90 Å². The lowest BCUT2D eigenvalue weighted by Gasteiger charge is -2.15. The number of ether oxygens (including phenoxy) is 1. The third kappa shape index (κ3) is 2.32. The summed E-state index contributed by atoms with van der Waals surface area (Å²) in [6.07, 6.45) is -0.137. The summed E-state index contributed by atoms with van der Waals surface area (Å²) in [6, 6.07) is 17.1. The fourth-order valence-corrected chi connectivity index (χ4v) is 2.27. The Morgan fingerprint density at radius 1 is 1.05 bits per heavy atom. The molecule has 2 aromatic rings. The van der Waals surface area contributed by atoms with E-state index in [1.165, 1.54) is 0 Å². The Labute approximate surface area is 112 Å². The van der Waals surface area contributed by atoms with E-state index in [9.17, 15) is 5.11 Å². The zero-order chi connectivity index (χ0) is 13.2. The van der Waals surface area contributed by atoms with E-state index in [2.05, 4.69) is 4.99 Å². The second kappa shape index (κ2) is 4.76. The van der Waals surface area contributed by atoms with Crippen LogP contribution < -0.4 is 0 Å². The Hall–Kier alpha value is -2.29. The molecule has 0 aliphatic carbocycles. The van der Waals surface area contributed by atoms with Crippen LogP contribution in [0, 0.1) is 0 Å². The van der Waals surface area contributed by atoms with Crippen LogP contribution >= 0.6 is 0 Å². The number of aliphatic imine (C=N–C) groups is 1. The Bertz CT molecular complexity index is 607. The summed E-state index contributed by atoms with van der Waals surface area (Å²) < 4.78 is 5.94. The first-order valence-corrected chi connectivity index (χ1v) is 6.33. The number of hydrogen-bond donors (Lipinski definition) is 1. The third-order valence-electron chi connectivity index (χ3n) is 3.22. The molecule has 0 unspecified atom stereocenters. The molecule has 0 saturated heterocycles. The topological polar surface area (TPSA) is 41.8 Å². The summed E-state index contributed by atoms with van der Waals surface area (Å²) in [7, 11) is 0. The molecule has 19 heavy (non-hydrogen) atoms. The van der Waals surface area contributed by atoms with Crippen LogP contribution in [0.2, 0.25) is 0 Å². The normalized spacial score (nSPS) is 21.8. The van der Waals surface area contributed by atoms with E-state index >= 15 is 0 Å². The molecule has 0 aromatic heterocycles. The van der Waals surface area contributed by atoms with Crippen molar-refractivity contribution in [1.82, 2.24) is 0 Å². The Morgan fingerprint density at radius 2 is 1.84 bits per heavy atom. The van der Waals surface area contributed by atoms with Crippen LogP contribution in [0.3, 0.4) is 0 Å². The first kappa shape index (κ1) is 11.8. The number of benzene rings is 2. The molecule has 3 rings (SSSR count). The first-order chi connectivity index (χ1) is 9.24. The van der Waals surface area contributed by atoms with Gasteiger partial charge in [-0.15, -0.1) is 0 Å². The van der Waals surface area contributed by atoms with Crippen molar-refractivity contribution in [3.05, 3.63) is 65.7 Å². The molecule has 0 saturated carbocycles. The number of nitrogens with zero attached hydrogens (tertiary/aromatic N) is 1. The van der Waals surface area contributed by atoms with E-state index in [1.54, 1.807) is 12.1 Å². The lowest BCUT2D eigenvalue weighted by atomic mass is 10.0. The number of hydrogen-bond acceptors (Lipinski definition) is 3. The van der Waals surface area contributed by atoms with Gasteiger partial charge in [-0.05, 0) is 36.8 Å². The van der Waals surface area contributed by atoms with Crippen molar-refractivity contribution in [2.24, 2.45) is 4.99 Å². The molecule has 2 atom stereocenters. The van der Waals surface area contributed by atoms with E-state index in [0.717, 1.165) is 11.1 Å². The summed E-state index contributed by atoms with van der Waals surface area (Å²) in [5.74, 6) is 0.919. The van der Waals surface area contributed by atoms with Crippen molar-refractivity contribution in [1.29, 1.82) is 0 Å². The highest BCUT2D eigenvalue weighted by atomic mass is 16.5. The molecule has 1 aliphatic rings. The fraction of sp³-hybridized carbons (Fsp3) is 0.188. The minimum atomic E-state index is -0.137. The van der Waals surface area contributed by atoms with Crippen LogP contribution in [0.25, 0.3) is 0 Å². The highest BCUT2D eigenvalue weighted by Crippen LogP contribution is 2.32. The average Bonchev–Trinajstić information content (AvgIpc) is 2.82. The summed E-state index contributed by atoms with van der Waals surface area (Å²) >= 11 is 0. The molecule has 1 aliphatic heterocycles. The second-order valence-electron chi connectivity index (χ2n) is 4.67. The molecule has 0 amide bonds. The van der Waals surface area contributed by atoms with E-state index in [-0.39, 0.29) is 17.9 Å². The maximum absolute atomic E-state index is 9.55. The maximum atomic E-state index is 9.55. The van der Waals surface area contributed by atoms with Crippen molar-refractivity contribution in [2.45, 2.75) is 19.1 Å². The summed E-state index contributed by atoms with van der Waals surface area (Å²) in [6.45, 7) is 2.02. The van der Waals surface area contributed by atoms with Gasteiger partial charge in [0.1, 0.15) is 11.9 Å². The van der Waals surface area contributed by atoms with Gasteiger partial charge in [-0.2, -0.15) is 0 Å². The summed E-state index contributed by atoms with van der Waals surface area (Å²) in [5.41, 5.74) is 1.93. The van der Waals surface area contributed by atoms with Crippen molar-refractivity contribution in [3.8, 4) is 5.75 Å². The monoisotopic (exact) mass is 253 g/mol. The van der Waals surface area contributed by atoms with Crippen molar-refractivity contribution < 1.29 is 9.84 Å². The average molecular weight is 253 g/mol. The minimum absolute atomic E-state index is 0.0389. The largest absolute Gasteiger partial charge is 0.508 e. The Morgan fingerprint density at radius 3 is 2.58 bits per heavy atom. The highest BCUT2D eigenvalue weighted by molar-refractivity contribution is 5.95. The molecule has 3 heteroatoms. The van der Waals surface area contributed by atoms with E-state index in [4.69, 9.17) is 4.74 Å². The third-order valence-corrected chi connectivity index (χ3v) is 3.22. The minimum Gasteiger partial charge on any atom is -0.508 e. The predicted molar refractivity (Wildman–Crippen MR) is 74.4 cm³/mol. The van der Waals surface area contributed by atoms with Crippen LogP contribution in [0.4, 0.5) is 0 Å². The second-order valence-corrected chi connectivity index (χ2v) is 4.67. The van der Waals surface area contributed by atoms with E-state index < -0.39 is 0 Å². The number of rotatable bonds is 2. The Balaban J connectivity index is 1.86.